The van der Waals surface area contributed by atoms with Crippen molar-refractivity contribution >= 4 is 15.9 Å². The molecule has 0 saturated heterocycles. The minimum atomic E-state index is -3.57. The number of ether oxygens (including phenoxy) is 1. The van der Waals surface area contributed by atoms with Gasteiger partial charge in [-0.2, -0.15) is 0 Å². The van der Waals surface area contributed by atoms with E-state index in [9.17, 15) is 13.2 Å². The van der Waals surface area contributed by atoms with E-state index in [2.05, 4.69) is 4.72 Å². The van der Waals surface area contributed by atoms with Crippen molar-refractivity contribution in [3.8, 4) is 0 Å². The van der Waals surface area contributed by atoms with E-state index in [1.165, 1.54) is 44.9 Å². The van der Waals surface area contributed by atoms with Gasteiger partial charge in [0.25, 0.3) is 5.91 Å². The molecule has 1 fully saturated rings. The maximum atomic E-state index is 12.4. The molecule has 0 unspecified atom stereocenters. The Kier molecular flexibility index (Phi) is 6.77. The van der Waals surface area contributed by atoms with Crippen LogP contribution in [0.2, 0.25) is 0 Å². The predicted molar refractivity (Wildman–Crippen MR) is 92.4 cm³/mol. The zero-order valence-corrected chi connectivity index (χ0v) is 15.1. The first-order chi connectivity index (χ1) is 11.4. The minimum absolute atomic E-state index is 0.0711. The molecule has 7 heteroatoms. The topological polar surface area (TPSA) is 75.7 Å². The van der Waals surface area contributed by atoms with Crippen molar-refractivity contribution in [3.63, 3.8) is 0 Å². The molecule has 6 nitrogen and oxygen atoms in total. The van der Waals surface area contributed by atoms with E-state index in [4.69, 9.17) is 4.74 Å². The molecule has 0 bridgehead atoms. The molecule has 0 aromatic heterocycles. The highest BCUT2D eigenvalue weighted by molar-refractivity contribution is 7.89. The Morgan fingerprint density at radius 3 is 2.46 bits per heavy atom. The number of amides is 1. The van der Waals surface area contributed by atoms with Gasteiger partial charge in [-0.1, -0.05) is 12.8 Å². The number of carbonyl (C=O) groups excluding carboxylic acids is 1. The third-order valence-corrected chi connectivity index (χ3v) is 5.84. The summed E-state index contributed by atoms with van der Waals surface area (Å²) < 4.78 is 31.5. The Labute approximate surface area is 144 Å². The van der Waals surface area contributed by atoms with Gasteiger partial charge in [0.05, 0.1) is 11.5 Å². The highest BCUT2D eigenvalue weighted by atomic mass is 32.2. The van der Waals surface area contributed by atoms with Gasteiger partial charge in [0.2, 0.25) is 10.0 Å². The lowest BCUT2D eigenvalue weighted by Crippen LogP contribution is -2.31. The van der Waals surface area contributed by atoms with Crippen molar-refractivity contribution in [1.82, 2.24) is 9.62 Å². The number of methoxy groups -OCH3 is 1. The lowest BCUT2D eigenvalue weighted by atomic mass is 10.1. The molecule has 0 spiro atoms. The van der Waals surface area contributed by atoms with Crippen LogP contribution in [-0.2, 0) is 14.8 Å². The van der Waals surface area contributed by atoms with Crippen molar-refractivity contribution in [2.45, 2.75) is 30.6 Å². The van der Waals surface area contributed by atoms with Gasteiger partial charge in [0.15, 0.2) is 0 Å². The van der Waals surface area contributed by atoms with Crippen molar-refractivity contribution in [1.29, 1.82) is 0 Å². The van der Waals surface area contributed by atoms with Gasteiger partial charge in [-0.15, -0.1) is 0 Å². The first kappa shape index (κ1) is 18.9. The molecule has 1 aromatic carbocycles. The fraction of sp³-hybridized carbons (Fsp3) is 0.588. The van der Waals surface area contributed by atoms with Gasteiger partial charge in [-0.3, -0.25) is 4.79 Å². The lowest BCUT2D eigenvalue weighted by Gasteiger charge is -2.21. The van der Waals surface area contributed by atoms with Gasteiger partial charge in [-0.05, 0) is 43.0 Å². The Morgan fingerprint density at radius 2 is 1.88 bits per heavy atom. The Balaban J connectivity index is 1.98. The van der Waals surface area contributed by atoms with Crippen molar-refractivity contribution < 1.29 is 17.9 Å². The average molecular weight is 354 g/mol. The highest BCUT2D eigenvalue weighted by Gasteiger charge is 2.21. The summed E-state index contributed by atoms with van der Waals surface area (Å²) in [5.41, 5.74) is 0.506. The maximum absolute atomic E-state index is 12.4. The second-order valence-electron chi connectivity index (χ2n) is 6.25. The summed E-state index contributed by atoms with van der Waals surface area (Å²) in [5, 5.41) is 0. The zero-order chi connectivity index (χ0) is 17.6. The minimum Gasteiger partial charge on any atom is -0.383 e. The number of carbonyl (C=O) groups is 1. The number of benzene rings is 1. The van der Waals surface area contributed by atoms with Gasteiger partial charge in [-0.25, -0.2) is 13.1 Å². The summed E-state index contributed by atoms with van der Waals surface area (Å²) in [5.74, 6) is 0.516. The third kappa shape index (κ3) is 5.03. The molecule has 1 aromatic rings. The molecule has 0 heterocycles. The van der Waals surface area contributed by atoms with Crippen molar-refractivity contribution in [2.24, 2.45) is 5.92 Å². The molecular weight excluding hydrogens is 328 g/mol. The molecule has 134 valence electrons. The number of nitrogens with zero attached hydrogens (tertiary/aromatic N) is 1. The second kappa shape index (κ2) is 8.60. The number of hydrogen-bond donors (Lipinski definition) is 1. The molecular formula is C17H26N2O4S. The fourth-order valence-electron chi connectivity index (χ4n) is 3.02. The summed E-state index contributed by atoms with van der Waals surface area (Å²) in [6, 6.07) is 6.06. The Hall–Kier alpha value is -1.44. The number of sulfonamides is 1. The summed E-state index contributed by atoms with van der Waals surface area (Å²) in [6.07, 6.45) is 4.86. The van der Waals surface area contributed by atoms with E-state index in [0.717, 1.165) is 6.54 Å². The van der Waals surface area contributed by atoms with Gasteiger partial charge in [0, 0.05) is 32.8 Å². The molecule has 1 amide bonds. The molecule has 0 radical (unpaired) electrons. The SMILES string of the molecule is COCCNS(=O)(=O)c1ccc(C(=O)N(C)CC2CCCC2)cc1. The van der Waals surface area contributed by atoms with Crippen LogP contribution in [0.1, 0.15) is 36.0 Å². The standard InChI is InChI=1S/C17H26N2O4S/c1-19(13-14-5-3-4-6-14)17(20)15-7-9-16(10-8-15)24(21,22)18-11-12-23-2/h7-10,14,18H,3-6,11-13H2,1-2H3. The van der Waals surface area contributed by atoms with E-state index in [-0.39, 0.29) is 17.3 Å². The van der Waals surface area contributed by atoms with Crippen LogP contribution >= 0.6 is 0 Å². The number of hydrogen-bond acceptors (Lipinski definition) is 4. The molecule has 0 aliphatic heterocycles. The van der Waals surface area contributed by atoms with E-state index in [1.54, 1.807) is 24.1 Å². The lowest BCUT2D eigenvalue weighted by molar-refractivity contribution is 0.0773. The molecule has 0 atom stereocenters. The number of nitrogens with one attached hydrogen (secondary N) is 1. The van der Waals surface area contributed by atoms with Gasteiger partial charge < -0.3 is 9.64 Å². The first-order valence-electron chi connectivity index (χ1n) is 8.28. The fourth-order valence-corrected chi connectivity index (χ4v) is 4.03. The maximum Gasteiger partial charge on any atom is 0.253 e. The van der Waals surface area contributed by atoms with Crippen LogP contribution in [0.15, 0.2) is 29.2 Å². The monoisotopic (exact) mass is 354 g/mol. The van der Waals surface area contributed by atoms with E-state index >= 15 is 0 Å². The first-order valence-corrected chi connectivity index (χ1v) is 9.76. The van der Waals surface area contributed by atoms with E-state index in [0.29, 0.717) is 18.1 Å². The molecule has 1 aliphatic carbocycles. The average Bonchev–Trinajstić information content (AvgIpc) is 3.07. The summed E-state index contributed by atoms with van der Waals surface area (Å²) in [4.78, 5) is 14.3. The van der Waals surface area contributed by atoms with Gasteiger partial charge >= 0.3 is 0 Å². The summed E-state index contributed by atoms with van der Waals surface area (Å²) in [7, 11) is -0.255. The van der Waals surface area contributed by atoms with Crippen LogP contribution in [-0.4, -0.2) is 53.1 Å². The van der Waals surface area contributed by atoms with E-state index in [1.807, 2.05) is 0 Å². The predicted octanol–water partition coefficient (Wildman–Crippen LogP) is 1.87. The van der Waals surface area contributed by atoms with Crippen LogP contribution in [0.3, 0.4) is 0 Å². The molecule has 1 N–H and O–H groups in total. The van der Waals surface area contributed by atoms with Crippen molar-refractivity contribution in [3.05, 3.63) is 29.8 Å². The quantitative estimate of drug-likeness (QED) is 0.723. The molecule has 1 aliphatic rings. The third-order valence-electron chi connectivity index (χ3n) is 4.36. The van der Waals surface area contributed by atoms with Crippen LogP contribution < -0.4 is 4.72 Å². The van der Waals surface area contributed by atoms with Gasteiger partial charge in [0.1, 0.15) is 0 Å². The summed E-state index contributed by atoms with van der Waals surface area (Å²) >= 11 is 0. The van der Waals surface area contributed by atoms with Crippen LogP contribution in [0, 0.1) is 5.92 Å². The highest BCUT2D eigenvalue weighted by Crippen LogP contribution is 2.25. The Bertz CT molecular complexity index is 637. The summed E-state index contributed by atoms with van der Waals surface area (Å²) in [6.45, 7) is 1.28. The Morgan fingerprint density at radius 1 is 1.25 bits per heavy atom. The van der Waals surface area contributed by atoms with Crippen molar-refractivity contribution in [2.75, 3.05) is 33.9 Å². The second-order valence-corrected chi connectivity index (χ2v) is 8.02. The largest absolute Gasteiger partial charge is 0.383 e. The molecule has 2 rings (SSSR count). The van der Waals surface area contributed by atoms with Crippen LogP contribution in [0.25, 0.3) is 0 Å². The van der Waals surface area contributed by atoms with E-state index < -0.39 is 10.0 Å². The molecule has 24 heavy (non-hydrogen) atoms. The smallest absolute Gasteiger partial charge is 0.253 e. The van der Waals surface area contributed by atoms with Crippen LogP contribution in [0.4, 0.5) is 0 Å². The molecule has 1 saturated carbocycles. The normalized spacial score (nSPS) is 15.6. The zero-order valence-electron chi connectivity index (χ0n) is 14.3. The number of rotatable bonds is 8. The van der Waals surface area contributed by atoms with Crippen LogP contribution in [0.5, 0.6) is 0 Å².